The van der Waals surface area contributed by atoms with Crippen molar-refractivity contribution in [3.8, 4) is 45.6 Å². The monoisotopic (exact) mass is 1020 g/mol. The van der Waals surface area contributed by atoms with Crippen LogP contribution in [0.1, 0.15) is 26.3 Å². The van der Waals surface area contributed by atoms with Gasteiger partial charge in [-0.15, -0.1) is 29.7 Å². The van der Waals surface area contributed by atoms with Gasteiger partial charge in [-0.05, 0) is 69.6 Å². The van der Waals surface area contributed by atoms with Crippen molar-refractivity contribution >= 4 is 54.6 Å². The Balaban J connectivity index is 0.00000469. The van der Waals surface area contributed by atoms with Gasteiger partial charge < -0.3 is 13.9 Å². The smallest absolute Gasteiger partial charge is 0.268 e. The summed E-state index contributed by atoms with van der Waals surface area (Å²) in [6, 6.07) is 74.8. The van der Waals surface area contributed by atoms with E-state index in [9.17, 15) is 0 Å². The maximum atomic E-state index is 6.69. The second kappa shape index (κ2) is 15.9. The number of fused-ring (bicyclic) bond motifs is 7. The van der Waals surface area contributed by atoms with Crippen molar-refractivity contribution < 1.29 is 30.4 Å². The summed E-state index contributed by atoms with van der Waals surface area (Å²) in [5.74, 6) is 2.82. The first-order chi connectivity index (χ1) is 31.4. The van der Waals surface area contributed by atoms with Gasteiger partial charge in [0, 0.05) is 48.9 Å². The number of para-hydroxylation sites is 6. The summed E-state index contributed by atoms with van der Waals surface area (Å²) in [7, 11) is 0. The van der Waals surface area contributed by atoms with E-state index in [1.807, 2.05) is 30.3 Å². The molecule has 0 N–H and O–H groups in total. The van der Waals surface area contributed by atoms with Crippen molar-refractivity contribution in [1.29, 1.82) is 0 Å². The molecule has 0 aliphatic rings. The third-order valence-corrected chi connectivity index (χ3v) is 12.3. The minimum atomic E-state index is -0.157. The number of pyridine rings is 1. The van der Waals surface area contributed by atoms with E-state index in [4.69, 9.17) is 9.72 Å². The van der Waals surface area contributed by atoms with Gasteiger partial charge in [0.15, 0.2) is 0 Å². The molecule has 0 spiro atoms. The molecular weight excluding hydrogens is 978 g/mol. The molecule has 0 saturated carbocycles. The van der Waals surface area contributed by atoms with Crippen LogP contribution < -0.4 is 9.30 Å². The molecule has 4 heterocycles. The molecule has 7 heteroatoms. The van der Waals surface area contributed by atoms with Crippen LogP contribution in [0.25, 0.3) is 88.8 Å². The molecule has 316 valence electrons. The number of hydrogen-bond donors (Lipinski definition) is 0. The van der Waals surface area contributed by atoms with Gasteiger partial charge in [0.2, 0.25) is 0 Å². The van der Waals surface area contributed by atoms with Crippen LogP contribution in [0.4, 0.5) is 0 Å². The predicted octanol–water partition coefficient (Wildman–Crippen LogP) is 13.7. The number of hydrogen-bond acceptors (Lipinski definition) is 2. The van der Waals surface area contributed by atoms with Gasteiger partial charge in [0.1, 0.15) is 11.6 Å². The van der Waals surface area contributed by atoms with Gasteiger partial charge in [-0.1, -0.05) is 154 Å². The molecule has 12 aromatic rings. The number of aromatic nitrogens is 5. The van der Waals surface area contributed by atoms with Crippen LogP contribution in [0.3, 0.4) is 0 Å². The maximum absolute atomic E-state index is 6.69. The van der Waals surface area contributed by atoms with Crippen molar-refractivity contribution in [2.24, 2.45) is 0 Å². The zero-order valence-corrected chi connectivity index (χ0v) is 38.2. The molecule has 65 heavy (non-hydrogen) atoms. The standard InChI is InChI=1S/C58H41N5O.Pt/c1-58(2,3)40-34-56(62-50-27-12-8-23-45(50)46-24-9-13-28-51(46)62)59-57(35-40)63-52-29-14-10-25-47(52)48-33-32-43(37-55(48)63)64-42-21-17-20-41(36-42)60-38-61(54-31-16-15-30-53(54)60)49-26-11-7-22-44(49)39-18-5-4-6-19-39;/h4-35H,1-3H3;/q-2;. The first kappa shape index (κ1) is 40.3. The average Bonchev–Trinajstić information content (AvgIpc) is 4.00. The van der Waals surface area contributed by atoms with Crippen molar-refractivity contribution in [3.63, 3.8) is 0 Å². The zero-order valence-electron chi connectivity index (χ0n) is 35.9. The second-order valence-corrected chi connectivity index (χ2v) is 17.3. The fourth-order valence-electron chi connectivity index (χ4n) is 9.20. The molecule has 8 aromatic carbocycles. The van der Waals surface area contributed by atoms with Crippen molar-refractivity contribution in [2.75, 3.05) is 0 Å². The fourth-order valence-corrected chi connectivity index (χ4v) is 9.20. The molecule has 0 aliphatic carbocycles. The van der Waals surface area contributed by atoms with Crippen molar-refractivity contribution in [1.82, 2.24) is 18.7 Å². The molecule has 6 nitrogen and oxygen atoms in total. The Bertz CT molecular complexity index is 3710. The van der Waals surface area contributed by atoms with Crippen molar-refractivity contribution in [3.05, 3.63) is 218 Å². The Morgan fingerprint density at radius 3 is 1.78 bits per heavy atom. The largest absolute Gasteiger partial charge is 0.510 e. The Morgan fingerprint density at radius 2 is 1.08 bits per heavy atom. The first-order valence-corrected chi connectivity index (χ1v) is 21.6. The second-order valence-electron chi connectivity index (χ2n) is 17.3. The number of benzene rings is 8. The summed E-state index contributed by atoms with van der Waals surface area (Å²) in [4.78, 5) is 5.51. The van der Waals surface area contributed by atoms with E-state index in [2.05, 4.69) is 221 Å². The van der Waals surface area contributed by atoms with Gasteiger partial charge >= 0.3 is 0 Å². The van der Waals surface area contributed by atoms with Gasteiger partial charge in [0.25, 0.3) is 6.33 Å². The normalized spacial score (nSPS) is 11.8. The molecule has 0 radical (unpaired) electrons. The first-order valence-electron chi connectivity index (χ1n) is 21.6. The third-order valence-electron chi connectivity index (χ3n) is 12.3. The van der Waals surface area contributed by atoms with Crippen LogP contribution >= 0.6 is 0 Å². The molecule has 4 aromatic heterocycles. The molecule has 0 saturated heterocycles. The van der Waals surface area contributed by atoms with Crippen molar-refractivity contribution in [2.45, 2.75) is 26.2 Å². The SMILES string of the molecule is CC(C)(C)c1cc(-n2c3[c-]c(Oc4[c-]c(-n5[c-][n+](-c6ccccc6-c6ccccc6)c6ccccc65)ccc4)ccc3c3ccccc32)nc(-n2c3ccccc3c3ccccc32)c1.[Pt]. The van der Waals surface area contributed by atoms with Gasteiger partial charge in [-0.25, -0.2) is 4.98 Å². The Morgan fingerprint density at radius 1 is 0.508 bits per heavy atom. The summed E-state index contributed by atoms with van der Waals surface area (Å²) in [6.07, 6.45) is 3.66. The quantitative estimate of drug-likeness (QED) is 0.118. The minimum absolute atomic E-state index is 0. The van der Waals surface area contributed by atoms with Crippen LogP contribution in [0, 0.1) is 18.5 Å². The molecule has 0 bridgehead atoms. The van der Waals surface area contributed by atoms with Gasteiger partial charge in [-0.2, -0.15) is 18.2 Å². The van der Waals surface area contributed by atoms with Crippen LogP contribution in [0.5, 0.6) is 11.5 Å². The summed E-state index contributed by atoms with van der Waals surface area (Å²) in [5.41, 5.74) is 11.3. The topological polar surface area (TPSA) is 40.8 Å². The molecule has 12 rings (SSSR count). The summed E-state index contributed by atoms with van der Waals surface area (Å²) in [6.45, 7) is 6.77. The fraction of sp³-hybridized carbons (Fsp3) is 0.0690. The average molecular weight is 1020 g/mol. The van der Waals surface area contributed by atoms with E-state index in [0.717, 1.165) is 78.0 Å². The molecule has 0 unspecified atom stereocenters. The van der Waals surface area contributed by atoms with Crippen LogP contribution in [-0.4, -0.2) is 18.7 Å². The van der Waals surface area contributed by atoms with Crippen LogP contribution in [0.15, 0.2) is 194 Å². The van der Waals surface area contributed by atoms with Crippen LogP contribution in [-0.2, 0) is 26.5 Å². The Kier molecular flexibility index (Phi) is 9.86. The predicted molar refractivity (Wildman–Crippen MR) is 258 cm³/mol. The van der Waals surface area contributed by atoms with E-state index in [1.54, 1.807) is 0 Å². The number of rotatable bonds is 7. The Labute approximate surface area is 391 Å². The zero-order chi connectivity index (χ0) is 42.9. The molecule has 0 fully saturated rings. The molecule has 0 atom stereocenters. The van der Waals surface area contributed by atoms with E-state index in [-0.39, 0.29) is 26.5 Å². The van der Waals surface area contributed by atoms with E-state index in [0.29, 0.717) is 11.5 Å². The summed E-state index contributed by atoms with van der Waals surface area (Å²) < 4.78 is 15.4. The molecule has 0 amide bonds. The van der Waals surface area contributed by atoms with Gasteiger partial charge in [-0.3, -0.25) is 9.13 Å². The molecular formula is C58H41N5OPt-2. The number of nitrogens with zero attached hydrogens (tertiary/aromatic N) is 5. The third kappa shape index (κ3) is 6.84. The molecule has 0 aliphatic heterocycles. The van der Waals surface area contributed by atoms with E-state index >= 15 is 0 Å². The maximum Gasteiger partial charge on any atom is 0.268 e. The Hall–Kier alpha value is -7.53. The van der Waals surface area contributed by atoms with Gasteiger partial charge in [0.05, 0.1) is 27.8 Å². The summed E-state index contributed by atoms with van der Waals surface area (Å²) in [5, 5.41) is 4.58. The number of imidazole rings is 1. The van der Waals surface area contributed by atoms with E-state index in [1.165, 1.54) is 16.3 Å². The minimum Gasteiger partial charge on any atom is -0.510 e. The summed E-state index contributed by atoms with van der Waals surface area (Å²) >= 11 is 0. The number of ether oxygens (including phenoxy) is 1. The van der Waals surface area contributed by atoms with E-state index < -0.39 is 0 Å². The van der Waals surface area contributed by atoms with Crippen LogP contribution in [0.2, 0.25) is 0 Å².